The molecule has 2 N–H and O–H groups in total. The molecule has 0 saturated heterocycles. The Morgan fingerprint density at radius 1 is 1.15 bits per heavy atom. The highest BCUT2D eigenvalue weighted by atomic mass is 79.9. The standard InChI is InChI=1S/C20H21BrN2O2S/c1-12-10-18(13(2)9-16(12)21)26-11-19(24)23-17-6-4-3-5-15(17)20(25)22-14-7-8-14/h3-6,9-10,14H,7-8,11H2,1-2H3,(H,22,25)(H,23,24). The van der Waals surface area contributed by atoms with E-state index in [0.29, 0.717) is 17.0 Å². The molecule has 1 saturated carbocycles. The zero-order valence-corrected chi connectivity index (χ0v) is 17.2. The van der Waals surface area contributed by atoms with Gasteiger partial charge in [0.25, 0.3) is 5.91 Å². The number of aryl methyl sites for hydroxylation is 2. The van der Waals surface area contributed by atoms with Crippen molar-refractivity contribution in [1.29, 1.82) is 0 Å². The SMILES string of the molecule is Cc1cc(SCC(=O)Nc2ccccc2C(=O)NC2CC2)c(C)cc1Br. The quantitative estimate of drug-likeness (QED) is 0.650. The number of nitrogens with one attached hydrogen (secondary N) is 2. The van der Waals surface area contributed by atoms with Crippen LogP contribution in [-0.2, 0) is 4.79 Å². The number of para-hydroxylation sites is 1. The zero-order valence-electron chi connectivity index (χ0n) is 14.8. The first-order valence-corrected chi connectivity index (χ1v) is 10.3. The fourth-order valence-electron chi connectivity index (χ4n) is 2.52. The highest BCUT2D eigenvalue weighted by molar-refractivity contribution is 9.10. The van der Waals surface area contributed by atoms with Gasteiger partial charge in [0.2, 0.25) is 5.91 Å². The Balaban J connectivity index is 1.63. The van der Waals surface area contributed by atoms with Crippen LogP contribution in [0.1, 0.15) is 34.3 Å². The summed E-state index contributed by atoms with van der Waals surface area (Å²) in [5.41, 5.74) is 3.33. The first-order chi connectivity index (χ1) is 12.4. The van der Waals surface area contributed by atoms with Crippen LogP contribution in [0.25, 0.3) is 0 Å². The predicted octanol–water partition coefficient (Wildman–Crippen LogP) is 4.69. The van der Waals surface area contributed by atoms with Crippen LogP contribution >= 0.6 is 27.7 Å². The van der Waals surface area contributed by atoms with Gasteiger partial charge in [0.05, 0.1) is 17.0 Å². The van der Waals surface area contributed by atoms with Crippen LogP contribution in [0.4, 0.5) is 5.69 Å². The van der Waals surface area contributed by atoms with Gasteiger partial charge >= 0.3 is 0 Å². The van der Waals surface area contributed by atoms with Gasteiger partial charge in [-0.05, 0) is 62.1 Å². The van der Waals surface area contributed by atoms with Crippen LogP contribution in [0.15, 0.2) is 45.8 Å². The Hall–Kier alpha value is -1.79. The maximum absolute atomic E-state index is 12.4. The number of hydrogen-bond acceptors (Lipinski definition) is 3. The van der Waals surface area contributed by atoms with E-state index in [1.807, 2.05) is 19.9 Å². The lowest BCUT2D eigenvalue weighted by Gasteiger charge is -2.12. The molecule has 1 aliphatic rings. The number of carbonyl (C=O) groups is 2. The van der Waals surface area contributed by atoms with Crippen molar-refractivity contribution in [2.24, 2.45) is 0 Å². The number of benzene rings is 2. The summed E-state index contributed by atoms with van der Waals surface area (Å²) in [5, 5.41) is 5.83. The van der Waals surface area contributed by atoms with E-state index in [1.165, 1.54) is 11.8 Å². The van der Waals surface area contributed by atoms with Crippen molar-refractivity contribution in [2.75, 3.05) is 11.1 Å². The lowest BCUT2D eigenvalue weighted by atomic mass is 10.1. The third kappa shape index (κ3) is 4.89. The van der Waals surface area contributed by atoms with Crippen LogP contribution < -0.4 is 10.6 Å². The van der Waals surface area contributed by atoms with Crippen molar-refractivity contribution in [3.8, 4) is 0 Å². The summed E-state index contributed by atoms with van der Waals surface area (Å²) >= 11 is 5.02. The molecule has 6 heteroatoms. The molecule has 2 aromatic rings. The van der Waals surface area contributed by atoms with Gasteiger partial charge in [-0.25, -0.2) is 0 Å². The maximum atomic E-state index is 12.4. The molecule has 2 aromatic carbocycles. The summed E-state index contributed by atoms with van der Waals surface area (Å²) in [7, 11) is 0. The van der Waals surface area contributed by atoms with Crippen LogP contribution in [0.2, 0.25) is 0 Å². The van der Waals surface area contributed by atoms with E-state index in [2.05, 4.69) is 38.7 Å². The Kier molecular flexibility index (Phi) is 6.04. The van der Waals surface area contributed by atoms with Crippen LogP contribution in [0.5, 0.6) is 0 Å². The molecule has 136 valence electrons. The molecule has 0 spiro atoms. The van der Waals surface area contributed by atoms with Crippen molar-refractivity contribution in [3.63, 3.8) is 0 Å². The number of carbonyl (C=O) groups excluding carboxylic acids is 2. The summed E-state index contributed by atoms with van der Waals surface area (Å²) in [5.74, 6) is 0.0394. The fraction of sp³-hybridized carbons (Fsp3) is 0.300. The minimum Gasteiger partial charge on any atom is -0.349 e. The first-order valence-electron chi connectivity index (χ1n) is 8.53. The second kappa shape index (κ2) is 8.27. The van der Waals surface area contributed by atoms with Gasteiger partial charge in [0, 0.05) is 15.4 Å². The molecule has 1 fully saturated rings. The van der Waals surface area contributed by atoms with Gasteiger partial charge in [-0.3, -0.25) is 9.59 Å². The Morgan fingerprint density at radius 2 is 1.88 bits per heavy atom. The topological polar surface area (TPSA) is 58.2 Å². The van der Waals surface area contributed by atoms with Crippen molar-refractivity contribution in [2.45, 2.75) is 37.6 Å². The van der Waals surface area contributed by atoms with Gasteiger partial charge in [-0.2, -0.15) is 0 Å². The highest BCUT2D eigenvalue weighted by Gasteiger charge is 2.25. The van der Waals surface area contributed by atoms with Crippen LogP contribution in [0.3, 0.4) is 0 Å². The van der Waals surface area contributed by atoms with E-state index in [9.17, 15) is 9.59 Å². The zero-order chi connectivity index (χ0) is 18.7. The average Bonchev–Trinajstić information content (AvgIpc) is 3.41. The average molecular weight is 433 g/mol. The van der Waals surface area contributed by atoms with Crippen molar-refractivity contribution >= 4 is 45.2 Å². The molecule has 0 heterocycles. The summed E-state index contributed by atoms with van der Waals surface area (Å²) < 4.78 is 1.07. The van der Waals surface area contributed by atoms with E-state index in [0.717, 1.165) is 33.3 Å². The second-order valence-corrected chi connectivity index (χ2v) is 8.37. The van der Waals surface area contributed by atoms with E-state index < -0.39 is 0 Å². The second-order valence-electron chi connectivity index (χ2n) is 6.50. The van der Waals surface area contributed by atoms with Gasteiger partial charge in [0.1, 0.15) is 0 Å². The normalized spacial score (nSPS) is 13.3. The van der Waals surface area contributed by atoms with Crippen molar-refractivity contribution in [1.82, 2.24) is 5.32 Å². The maximum Gasteiger partial charge on any atom is 0.253 e. The van der Waals surface area contributed by atoms with Gasteiger partial charge < -0.3 is 10.6 Å². The van der Waals surface area contributed by atoms with Gasteiger partial charge in [0.15, 0.2) is 0 Å². The Morgan fingerprint density at radius 3 is 2.62 bits per heavy atom. The van der Waals surface area contributed by atoms with Crippen LogP contribution in [-0.4, -0.2) is 23.6 Å². The third-order valence-corrected chi connectivity index (χ3v) is 6.19. The van der Waals surface area contributed by atoms with E-state index in [-0.39, 0.29) is 17.9 Å². The molecule has 4 nitrogen and oxygen atoms in total. The summed E-state index contributed by atoms with van der Waals surface area (Å²) in [6.07, 6.45) is 2.06. The molecule has 26 heavy (non-hydrogen) atoms. The summed E-state index contributed by atoms with van der Waals surface area (Å²) in [6.45, 7) is 4.06. The largest absolute Gasteiger partial charge is 0.349 e. The molecule has 1 aliphatic carbocycles. The number of anilines is 1. The number of amides is 2. The number of thioether (sulfide) groups is 1. The number of rotatable bonds is 6. The number of hydrogen-bond donors (Lipinski definition) is 2. The van der Waals surface area contributed by atoms with E-state index in [1.54, 1.807) is 18.2 Å². The molecule has 2 amide bonds. The summed E-state index contributed by atoms with van der Waals surface area (Å²) in [6, 6.07) is 11.5. The van der Waals surface area contributed by atoms with E-state index >= 15 is 0 Å². The molecule has 0 aromatic heterocycles. The minimum atomic E-state index is -0.129. The predicted molar refractivity (Wildman–Crippen MR) is 110 cm³/mol. The fourth-order valence-corrected chi connectivity index (χ4v) is 3.88. The van der Waals surface area contributed by atoms with E-state index in [4.69, 9.17) is 0 Å². The molecule has 0 unspecified atom stereocenters. The lowest BCUT2D eigenvalue weighted by Crippen LogP contribution is -2.27. The molecule has 0 radical (unpaired) electrons. The van der Waals surface area contributed by atoms with Gasteiger partial charge in [-0.15, -0.1) is 11.8 Å². The van der Waals surface area contributed by atoms with Crippen molar-refractivity contribution in [3.05, 3.63) is 57.6 Å². The molecule has 0 bridgehead atoms. The Labute approximate surface area is 166 Å². The molecular formula is C20H21BrN2O2S. The highest BCUT2D eigenvalue weighted by Crippen LogP contribution is 2.28. The molecule has 3 rings (SSSR count). The lowest BCUT2D eigenvalue weighted by molar-refractivity contribution is -0.113. The van der Waals surface area contributed by atoms with Gasteiger partial charge in [-0.1, -0.05) is 28.1 Å². The first kappa shape index (κ1) is 19.0. The number of halogens is 1. The molecule has 0 atom stereocenters. The summed E-state index contributed by atoms with van der Waals surface area (Å²) in [4.78, 5) is 25.8. The third-order valence-electron chi connectivity index (χ3n) is 4.17. The monoisotopic (exact) mass is 432 g/mol. The van der Waals surface area contributed by atoms with Crippen LogP contribution in [0, 0.1) is 13.8 Å². The minimum absolute atomic E-state index is 0.123. The Bertz CT molecular complexity index is 850. The molecule has 0 aliphatic heterocycles. The van der Waals surface area contributed by atoms with Crippen molar-refractivity contribution < 1.29 is 9.59 Å². The molecular weight excluding hydrogens is 412 g/mol. The smallest absolute Gasteiger partial charge is 0.253 e.